The van der Waals surface area contributed by atoms with Crippen molar-refractivity contribution in [3.63, 3.8) is 0 Å². The monoisotopic (exact) mass is 267 g/mol. The molecule has 2 fully saturated rings. The molecule has 2 nitrogen and oxygen atoms in total. The van der Waals surface area contributed by atoms with E-state index in [4.69, 9.17) is 5.73 Å². The van der Waals surface area contributed by atoms with Crippen LogP contribution in [0.15, 0.2) is 0 Å². The van der Waals surface area contributed by atoms with Crippen LogP contribution in [0.1, 0.15) is 72.1 Å². The highest BCUT2D eigenvalue weighted by molar-refractivity contribution is 5.07. The fourth-order valence-electron chi connectivity index (χ4n) is 4.97. The van der Waals surface area contributed by atoms with Crippen molar-refractivity contribution < 1.29 is 5.11 Å². The predicted molar refractivity (Wildman–Crippen MR) is 80.9 cm³/mol. The smallest absolute Gasteiger partial charge is 0.0743 e. The Labute approximate surface area is 119 Å². The first-order valence-electron chi connectivity index (χ1n) is 8.41. The summed E-state index contributed by atoms with van der Waals surface area (Å²) >= 11 is 0. The standard InChI is InChI=1S/C17H33NO/c1-4-15-6-5-9-17(15,19)16(12-18)10-7-14(8-11-16)13(2)3/h13-15,19H,4-12,18H2,1-3H3. The van der Waals surface area contributed by atoms with Gasteiger partial charge in [-0.3, -0.25) is 0 Å². The number of rotatable bonds is 4. The van der Waals surface area contributed by atoms with Crippen LogP contribution in [0.4, 0.5) is 0 Å². The first-order valence-corrected chi connectivity index (χ1v) is 8.41. The van der Waals surface area contributed by atoms with Crippen LogP contribution in [0.25, 0.3) is 0 Å². The molecule has 0 aromatic carbocycles. The zero-order valence-electron chi connectivity index (χ0n) is 13.1. The van der Waals surface area contributed by atoms with E-state index in [1.165, 1.54) is 25.7 Å². The van der Waals surface area contributed by atoms with E-state index in [2.05, 4.69) is 20.8 Å². The largest absolute Gasteiger partial charge is 0.389 e. The highest BCUT2D eigenvalue weighted by Gasteiger charge is 2.55. The Morgan fingerprint density at radius 2 is 1.79 bits per heavy atom. The van der Waals surface area contributed by atoms with Crippen LogP contribution in [0.3, 0.4) is 0 Å². The Morgan fingerprint density at radius 3 is 2.26 bits per heavy atom. The van der Waals surface area contributed by atoms with E-state index in [1.54, 1.807) is 0 Å². The summed E-state index contributed by atoms with van der Waals surface area (Å²) in [4.78, 5) is 0. The van der Waals surface area contributed by atoms with Gasteiger partial charge >= 0.3 is 0 Å². The lowest BCUT2D eigenvalue weighted by Crippen LogP contribution is -2.56. The highest BCUT2D eigenvalue weighted by Crippen LogP contribution is 2.56. The molecular weight excluding hydrogens is 234 g/mol. The molecule has 2 heteroatoms. The van der Waals surface area contributed by atoms with Crippen molar-refractivity contribution in [2.75, 3.05) is 6.54 Å². The molecule has 3 N–H and O–H groups in total. The molecule has 0 saturated heterocycles. The maximum absolute atomic E-state index is 11.4. The lowest BCUT2D eigenvalue weighted by atomic mass is 9.57. The molecule has 112 valence electrons. The molecule has 0 bridgehead atoms. The first kappa shape index (κ1) is 15.3. The molecule has 0 aliphatic heterocycles. The van der Waals surface area contributed by atoms with Crippen LogP contribution < -0.4 is 5.73 Å². The topological polar surface area (TPSA) is 46.2 Å². The van der Waals surface area contributed by atoms with E-state index in [-0.39, 0.29) is 5.41 Å². The van der Waals surface area contributed by atoms with Crippen LogP contribution >= 0.6 is 0 Å². The molecule has 19 heavy (non-hydrogen) atoms. The van der Waals surface area contributed by atoms with Gasteiger partial charge in [-0.25, -0.2) is 0 Å². The summed E-state index contributed by atoms with van der Waals surface area (Å²) in [5.74, 6) is 2.09. The number of hydrogen-bond acceptors (Lipinski definition) is 2. The molecule has 0 radical (unpaired) electrons. The van der Waals surface area contributed by atoms with Crippen molar-refractivity contribution in [2.45, 2.75) is 77.7 Å². The molecule has 2 unspecified atom stereocenters. The maximum atomic E-state index is 11.4. The summed E-state index contributed by atoms with van der Waals surface area (Å²) in [6, 6.07) is 0. The van der Waals surface area contributed by atoms with Crippen molar-refractivity contribution in [3.8, 4) is 0 Å². The average molecular weight is 267 g/mol. The van der Waals surface area contributed by atoms with Gasteiger partial charge in [0.15, 0.2) is 0 Å². The number of hydrogen-bond donors (Lipinski definition) is 2. The van der Waals surface area contributed by atoms with Crippen molar-refractivity contribution in [1.82, 2.24) is 0 Å². The fraction of sp³-hybridized carbons (Fsp3) is 1.00. The summed E-state index contributed by atoms with van der Waals surface area (Å²) in [6.45, 7) is 7.56. The maximum Gasteiger partial charge on any atom is 0.0743 e. The van der Waals surface area contributed by atoms with Crippen molar-refractivity contribution >= 4 is 0 Å². The van der Waals surface area contributed by atoms with E-state index in [0.717, 1.165) is 37.5 Å². The normalized spacial score (nSPS) is 43.9. The van der Waals surface area contributed by atoms with Crippen LogP contribution in [-0.4, -0.2) is 17.3 Å². The van der Waals surface area contributed by atoms with Gasteiger partial charge < -0.3 is 10.8 Å². The van der Waals surface area contributed by atoms with E-state index in [0.29, 0.717) is 12.5 Å². The Balaban J connectivity index is 2.15. The van der Waals surface area contributed by atoms with Gasteiger partial charge in [0.1, 0.15) is 0 Å². The first-order chi connectivity index (χ1) is 8.99. The molecule has 0 aromatic heterocycles. The third-order valence-corrected chi connectivity index (χ3v) is 6.52. The van der Waals surface area contributed by atoms with Gasteiger partial charge in [-0.15, -0.1) is 0 Å². The number of aliphatic hydroxyl groups is 1. The Bertz CT molecular complexity index is 294. The van der Waals surface area contributed by atoms with E-state index in [1.807, 2.05) is 0 Å². The minimum atomic E-state index is -0.474. The molecule has 2 rings (SSSR count). The zero-order valence-corrected chi connectivity index (χ0v) is 13.1. The van der Waals surface area contributed by atoms with Gasteiger partial charge in [0.2, 0.25) is 0 Å². The average Bonchev–Trinajstić information content (AvgIpc) is 2.81. The summed E-state index contributed by atoms with van der Waals surface area (Å²) in [7, 11) is 0. The molecule has 2 atom stereocenters. The van der Waals surface area contributed by atoms with Crippen molar-refractivity contribution in [3.05, 3.63) is 0 Å². The summed E-state index contributed by atoms with van der Waals surface area (Å²) < 4.78 is 0. The number of nitrogens with two attached hydrogens (primary N) is 1. The summed E-state index contributed by atoms with van der Waals surface area (Å²) in [5.41, 5.74) is 5.72. The Morgan fingerprint density at radius 1 is 1.16 bits per heavy atom. The molecule has 0 amide bonds. The van der Waals surface area contributed by atoms with Crippen molar-refractivity contribution in [1.29, 1.82) is 0 Å². The third kappa shape index (κ3) is 2.47. The summed E-state index contributed by atoms with van der Waals surface area (Å²) in [5, 5.41) is 11.4. The van der Waals surface area contributed by atoms with Crippen LogP contribution in [0.2, 0.25) is 0 Å². The minimum absolute atomic E-state index is 0.00949. The van der Waals surface area contributed by atoms with Gasteiger partial charge in [0.05, 0.1) is 5.60 Å². The van der Waals surface area contributed by atoms with E-state index in [9.17, 15) is 5.11 Å². The molecule has 0 aromatic rings. The second-order valence-electron chi connectivity index (χ2n) is 7.49. The van der Waals surface area contributed by atoms with Crippen LogP contribution in [-0.2, 0) is 0 Å². The fourth-order valence-corrected chi connectivity index (χ4v) is 4.97. The predicted octanol–water partition coefficient (Wildman–Crippen LogP) is 3.72. The van der Waals surface area contributed by atoms with Crippen LogP contribution in [0, 0.1) is 23.2 Å². The third-order valence-electron chi connectivity index (χ3n) is 6.52. The highest BCUT2D eigenvalue weighted by atomic mass is 16.3. The quantitative estimate of drug-likeness (QED) is 0.815. The molecule has 2 saturated carbocycles. The molecule has 2 aliphatic rings. The van der Waals surface area contributed by atoms with Gasteiger partial charge in [0.25, 0.3) is 0 Å². The van der Waals surface area contributed by atoms with E-state index < -0.39 is 5.60 Å². The molecular formula is C17H33NO. The second kappa shape index (κ2) is 5.73. The van der Waals surface area contributed by atoms with Crippen molar-refractivity contribution in [2.24, 2.45) is 28.9 Å². The lowest BCUT2D eigenvalue weighted by Gasteiger charge is -2.52. The molecule has 0 heterocycles. The Hall–Kier alpha value is -0.0800. The SMILES string of the molecule is CCC1CCCC1(O)C1(CN)CCC(C(C)C)CC1. The van der Waals surface area contributed by atoms with Gasteiger partial charge in [-0.05, 0) is 56.3 Å². The van der Waals surface area contributed by atoms with Crippen LogP contribution in [0.5, 0.6) is 0 Å². The van der Waals surface area contributed by atoms with E-state index >= 15 is 0 Å². The second-order valence-corrected chi connectivity index (χ2v) is 7.49. The lowest BCUT2D eigenvalue weighted by molar-refractivity contribution is -0.132. The molecule has 0 spiro atoms. The summed E-state index contributed by atoms with van der Waals surface area (Å²) in [6.07, 6.45) is 9.26. The minimum Gasteiger partial charge on any atom is -0.389 e. The zero-order chi connectivity index (χ0) is 14.1. The molecule has 2 aliphatic carbocycles. The van der Waals surface area contributed by atoms with Gasteiger partial charge in [-0.2, -0.15) is 0 Å². The Kier molecular flexibility index (Phi) is 4.62. The van der Waals surface area contributed by atoms with Gasteiger partial charge in [0, 0.05) is 12.0 Å². The van der Waals surface area contributed by atoms with Gasteiger partial charge in [-0.1, -0.05) is 33.6 Å².